The highest BCUT2D eigenvalue weighted by Crippen LogP contribution is 2.36. The van der Waals surface area contributed by atoms with Crippen LogP contribution in [0.5, 0.6) is 11.8 Å². The summed E-state index contributed by atoms with van der Waals surface area (Å²) in [5.41, 5.74) is 1.74. The number of alkyl halides is 4. The number of aryl methyl sites for hydroxylation is 2. The first-order valence-electron chi connectivity index (χ1n) is 19.8. The first-order valence-corrected chi connectivity index (χ1v) is 19.8. The third-order valence-electron chi connectivity index (χ3n) is 10.6. The molecule has 0 spiro atoms. The van der Waals surface area contributed by atoms with E-state index in [1.807, 2.05) is 26.0 Å². The Morgan fingerprint density at radius 1 is 0.754 bits per heavy atom. The Bertz CT molecular complexity index is 1960. The molecular formula is C38H50F4N12O7. The minimum atomic E-state index is -2.59. The standard InChI is InChI=1S/2C19H24F2N6O3.H2O/c2*1-12-5-8-27(25-12)17-23-15(22-13-3-6-19(20,21)7-4-13)9-16(24-17)30-14-10-26(11-14)18(28)29-2;/h2*5,8-9,13-14H,3-4,6-7,10-11H2,1-2H3,(H,22,23,24);1H2. The first-order chi connectivity index (χ1) is 28.6. The summed E-state index contributed by atoms with van der Waals surface area (Å²) in [7, 11) is 2.67. The van der Waals surface area contributed by atoms with Crippen LogP contribution in [0.3, 0.4) is 0 Å². The maximum absolute atomic E-state index is 13.5. The number of hydrogen-bond acceptors (Lipinski definition) is 14. The second-order valence-corrected chi connectivity index (χ2v) is 15.4. The summed E-state index contributed by atoms with van der Waals surface area (Å²) in [6.45, 7) is 5.37. The van der Waals surface area contributed by atoms with E-state index in [9.17, 15) is 27.2 Å². The lowest BCUT2D eigenvalue weighted by Crippen LogP contribution is -2.56. The van der Waals surface area contributed by atoms with Crippen molar-refractivity contribution >= 4 is 23.8 Å². The average molecular weight is 863 g/mol. The van der Waals surface area contributed by atoms with E-state index in [1.165, 1.54) is 28.7 Å². The molecule has 2 amide bonds. The fourth-order valence-corrected chi connectivity index (χ4v) is 7.11. The number of amides is 2. The predicted molar refractivity (Wildman–Crippen MR) is 207 cm³/mol. The van der Waals surface area contributed by atoms with Gasteiger partial charge in [-0.05, 0) is 61.6 Å². The number of H-pyrrole nitrogens is 1. The second kappa shape index (κ2) is 18.7. The van der Waals surface area contributed by atoms with Crippen molar-refractivity contribution in [1.82, 2.24) is 44.6 Å². The van der Waals surface area contributed by atoms with Crippen molar-refractivity contribution in [2.45, 2.75) is 101 Å². The van der Waals surface area contributed by atoms with E-state index in [0.29, 0.717) is 87.2 Å². The fraction of sp³-hybridized carbons (Fsp3) is 0.579. The Labute approximate surface area is 348 Å². The molecule has 8 rings (SSSR count). The quantitative estimate of drug-likeness (QED) is 0.144. The third-order valence-corrected chi connectivity index (χ3v) is 10.6. The van der Waals surface area contributed by atoms with Crippen LogP contribution in [0.2, 0.25) is 0 Å². The van der Waals surface area contributed by atoms with Gasteiger partial charge in [0.2, 0.25) is 23.5 Å². The van der Waals surface area contributed by atoms with Gasteiger partial charge in [-0.1, -0.05) is 0 Å². The molecule has 0 aromatic carbocycles. The molecule has 4 aromatic rings. The highest BCUT2D eigenvalue weighted by molar-refractivity contribution is 5.69. The van der Waals surface area contributed by atoms with Gasteiger partial charge < -0.3 is 44.9 Å². The molecule has 0 radical (unpaired) electrons. The van der Waals surface area contributed by atoms with Crippen molar-refractivity contribution < 1.29 is 56.3 Å². The number of nitrogens with one attached hydrogen (secondary N) is 3. The van der Waals surface area contributed by atoms with Gasteiger partial charge in [-0.25, -0.2) is 36.9 Å². The molecule has 4 N–H and O–H groups in total. The van der Waals surface area contributed by atoms with Crippen LogP contribution in [0.25, 0.3) is 11.9 Å². The van der Waals surface area contributed by atoms with E-state index < -0.39 is 24.0 Å². The number of aromatic nitrogens is 8. The van der Waals surface area contributed by atoms with Gasteiger partial charge in [0, 0.05) is 55.7 Å². The molecule has 4 fully saturated rings. The van der Waals surface area contributed by atoms with E-state index in [2.05, 4.69) is 50.2 Å². The highest BCUT2D eigenvalue weighted by Gasteiger charge is 2.38. The SMILES string of the molecule is COC(=O)N1CC(Oc2cc(NC3CCC(F)(F)CC3)nc(-[n+]3ccc(C)[nH]3)n2)C1.COC(=O)N1CC(Oc2cc(NC3CCC(F)(F)CC3)nc(-n3ccc(C)n3)n2)C1.[OH-]. The third kappa shape index (κ3) is 11.6. The molecule has 2 aliphatic heterocycles. The summed E-state index contributed by atoms with van der Waals surface area (Å²) < 4.78 is 78.2. The van der Waals surface area contributed by atoms with E-state index >= 15 is 0 Å². The van der Waals surface area contributed by atoms with Gasteiger partial charge in [-0.2, -0.15) is 15.1 Å². The Kier molecular flexibility index (Phi) is 13.7. The lowest BCUT2D eigenvalue weighted by atomic mass is 9.92. The summed E-state index contributed by atoms with van der Waals surface area (Å²) in [5, 5.41) is 13.9. The van der Waals surface area contributed by atoms with E-state index in [4.69, 9.17) is 9.47 Å². The zero-order valence-corrected chi connectivity index (χ0v) is 34.2. The van der Waals surface area contributed by atoms with Gasteiger partial charge in [0.1, 0.15) is 18.0 Å². The molecule has 4 aliphatic rings. The summed E-state index contributed by atoms with van der Waals surface area (Å²) in [6.07, 6.45) is 3.21. The summed E-state index contributed by atoms with van der Waals surface area (Å²) in [5.74, 6) is -2.83. The van der Waals surface area contributed by atoms with Crippen molar-refractivity contribution in [1.29, 1.82) is 0 Å². The fourth-order valence-electron chi connectivity index (χ4n) is 7.11. The summed E-state index contributed by atoms with van der Waals surface area (Å²) >= 11 is 0. The lowest BCUT2D eigenvalue weighted by molar-refractivity contribution is -0.662. The van der Waals surface area contributed by atoms with E-state index in [1.54, 1.807) is 29.2 Å². The molecule has 2 saturated carbocycles. The molecule has 4 aromatic heterocycles. The van der Waals surface area contributed by atoms with Crippen LogP contribution in [0.4, 0.5) is 38.8 Å². The molecule has 19 nitrogen and oxygen atoms in total. The summed E-state index contributed by atoms with van der Waals surface area (Å²) in [4.78, 5) is 43.9. The Morgan fingerprint density at radius 2 is 1.25 bits per heavy atom. The largest absolute Gasteiger partial charge is 0.870 e. The van der Waals surface area contributed by atoms with Crippen molar-refractivity contribution in [3.05, 3.63) is 48.0 Å². The Morgan fingerprint density at radius 3 is 1.69 bits per heavy atom. The van der Waals surface area contributed by atoms with Crippen LogP contribution in [0, 0.1) is 13.8 Å². The number of carbonyl (C=O) groups is 2. The van der Waals surface area contributed by atoms with Crippen LogP contribution in [0.1, 0.15) is 62.8 Å². The number of rotatable bonds is 10. The molecule has 0 atom stereocenters. The molecule has 6 heterocycles. The van der Waals surface area contributed by atoms with Gasteiger partial charge in [-0.3, -0.25) is 0 Å². The minimum Gasteiger partial charge on any atom is -0.870 e. The van der Waals surface area contributed by atoms with Crippen molar-refractivity contribution in [2.75, 3.05) is 51.0 Å². The average Bonchev–Trinajstić information content (AvgIpc) is 3.83. The Balaban J connectivity index is 0.000000201. The predicted octanol–water partition coefficient (Wildman–Crippen LogP) is 4.82. The summed E-state index contributed by atoms with van der Waals surface area (Å²) in [6, 6.07) is 6.83. The number of methoxy groups -OCH3 is 2. The number of likely N-dealkylation sites (tertiary alicyclic amines) is 2. The number of aromatic amines is 1. The molecule has 0 bridgehead atoms. The molecule has 61 heavy (non-hydrogen) atoms. The maximum Gasteiger partial charge on any atom is 0.460 e. The molecule has 2 aliphatic carbocycles. The normalized spacial score (nSPS) is 19.0. The van der Waals surface area contributed by atoms with Crippen LogP contribution >= 0.6 is 0 Å². The van der Waals surface area contributed by atoms with Crippen molar-refractivity contribution in [2.24, 2.45) is 0 Å². The monoisotopic (exact) mass is 862 g/mol. The van der Waals surface area contributed by atoms with Gasteiger partial charge in [0.25, 0.3) is 11.8 Å². The topological polar surface area (TPSA) is 221 Å². The van der Waals surface area contributed by atoms with Gasteiger partial charge in [-0.15, -0.1) is 4.68 Å². The number of hydrogen-bond donors (Lipinski definition) is 3. The maximum atomic E-state index is 13.5. The van der Waals surface area contributed by atoms with Crippen LogP contribution in [-0.2, 0) is 9.47 Å². The molecule has 0 unspecified atom stereocenters. The van der Waals surface area contributed by atoms with Gasteiger partial charge in [0.05, 0.1) is 58.4 Å². The second-order valence-electron chi connectivity index (χ2n) is 15.4. The molecule has 332 valence electrons. The molecule has 2 saturated heterocycles. The van der Waals surface area contributed by atoms with E-state index in [-0.39, 0.29) is 55.5 Å². The van der Waals surface area contributed by atoms with Crippen LogP contribution in [-0.4, -0.2) is 139 Å². The van der Waals surface area contributed by atoms with Crippen molar-refractivity contribution in [3.63, 3.8) is 0 Å². The number of carbonyl (C=O) groups excluding carboxylic acids is 2. The van der Waals surface area contributed by atoms with Gasteiger partial charge in [0.15, 0.2) is 0 Å². The lowest BCUT2D eigenvalue weighted by Gasteiger charge is -2.37. The van der Waals surface area contributed by atoms with Crippen LogP contribution in [0.15, 0.2) is 36.7 Å². The van der Waals surface area contributed by atoms with Gasteiger partial charge >= 0.3 is 18.1 Å². The highest BCUT2D eigenvalue weighted by atomic mass is 19.3. The Hall–Kier alpha value is -6.00. The first kappa shape index (κ1) is 44.5. The molecule has 23 heteroatoms. The molecular weight excluding hydrogens is 812 g/mol. The number of ether oxygens (including phenoxy) is 4. The van der Waals surface area contributed by atoms with E-state index in [0.717, 1.165) is 11.4 Å². The number of halogens is 4. The zero-order chi connectivity index (χ0) is 42.6. The minimum absolute atomic E-state index is 0. The smallest absolute Gasteiger partial charge is 0.460 e. The van der Waals surface area contributed by atoms with Crippen molar-refractivity contribution in [3.8, 4) is 23.7 Å². The number of anilines is 2. The number of nitrogens with zero attached hydrogens (tertiary/aromatic N) is 9. The zero-order valence-electron chi connectivity index (χ0n) is 34.2. The van der Waals surface area contributed by atoms with Crippen LogP contribution < -0.4 is 24.8 Å².